The molecule has 0 radical (unpaired) electrons. The molecule has 3 N–H and O–H groups in total. The Hall–Kier alpha value is -1.97. The van der Waals surface area contributed by atoms with Gasteiger partial charge in [-0.25, -0.2) is 4.98 Å². The minimum atomic E-state index is -0.261. The van der Waals surface area contributed by atoms with E-state index in [-0.39, 0.29) is 44.0 Å². The van der Waals surface area contributed by atoms with Crippen LogP contribution in [0.5, 0.6) is 0 Å². The van der Waals surface area contributed by atoms with Crippen molar-refractivity contribution in [3.63, 3.8) is 0 Å². The zero-order chi connectivity index (χ0) is 16.1. The van der Waals surface area contributed by atoms with Gasteiger partial charge >= 0.3 is 0 Å². The molecule has 2 aromatic rings. The molecule has 0 aliphatic carbocycles. The largest absolute Gasteiger partial charge is 0.395 e. The van der Waals surface area contributed by atoms with Crippen molar-refractivity contribution in [2.24, 2.45) is 0 Å². The van der Waals surface area contributed by atoms with Crippen LogP contribution in [0.4, 0.5) is 5.82 Å². The van der Waals surface area contributed by atoms with Gasteiger partial charge in [-0.1, -0.05) is 0 Å². The standard InChI is InChI=1S/C12H17ClN6O3/c1-14-10-9-11(17-12(13)16-10)19(7-15-9)6-8(22)18(2-4-20)3-5-21/h7,20-21H,2-6H2,1H3,(H,14,16,17). The molecule has 0 atom stereocenters. The summed E-state index contributed by atoms with van der Waals surface area (Å²) in [6, 6.07) is 0. The normalized spacial score (nSPS) is 10.9. The topological polar surface area (TPSA) is 116 Å². The van der Waals surface area contributed by atoms with Gasteiger partial charge in [-0.15, -0.1) is 0 Å². The van der Waals surface area contributed by atoms with Crippen LogP contribution in [0.3, 0.4) is 0 Å². The highest BCUT2D eigenvalue weighted by molar-refractivity contribution is 6.28. The maximum Gasteiger partial charge on any atom is 0.242 e. The summed E-state index contributed by atoms with van der Waals surface area (Å²) in [6.07, 6.45) is 1.48. The molecule has 2 aromatic heterocycles. The number of aliphatic hydroxyl groups excluding tert-OH is 2. The zero-order valence-corrected chi connectivity index (χ0v) is 12.8. The molecule has 0 fully saturated rings. The number of imidazole rings is 1. The number of hydrogen-bond donors (Lipinski definition) is 3. The first-order chi connectivity index (χ1) is 10.6. The van der Waals surface area contributed by atoms with Gasteiger partial charge in [0, 0.05) is 20.1 Å². The van der Waals surface area contributed by atoms with E-state index < -0.39 is 0 Å². The Bertz CT molecular complexity index is 656. The molecule has 2 rings (SSSR count). The van der Waals surface area contributed by atoms with E-state index >= 15 is 0 Å². The predicted octanol–water partition coefficient (Wildman–Crippen LogP) is -0.665. The fourth-order valence-corrected chi connectivity index (χ4v) is 2.22. The number of nitrogens with one attached hydrogen (secondary N) is 1. The fraction of sp³-hybridized carbons (Fsp3) is 0.500. The Morgan fingerprint density at radius 3 is 2.64 bits per heavy atom. The zero-order valence-electron chi connectivity index (χ0n) is 12.0. The number of nitrogens with zero attached hydrogens (tertiary/aromatic N) is 5. The molecule has 120 valence electrons. The maximum atomic E-state index is 12.2. The van der Waals surface area contributed by atoms with Crippen LogP contribution in [0.15, 0.2) is 6.33 Å². The summed E-state index contributed by atoms with van der Waals surface area (Å²) < 4.78 is 1.55. The molecule has 22 heavy (non-hydrogen) atoms. The molecule has 0 aromatic carbocycles. The molecule has 0 bridgehead atoms. The molecule has 0 saturated heterocycles. The summed E-state index contributed by atoms with van der Waals surface area (Å²) in [7, 11) is 1.69. The van der Waals surface area contributed by atoms with Gasteiger partial charge in [0.05, 0.1) is 19.5 Å². The van der Waals surface area contributed by atoms with Gasteiger partial charge in [-0.2, -0.15) is 9.97 Å². The minimum Gasteiger partial charge on any atom is -0.395 e. The van der Waals surface area contributed by atoms with Crippen molar-refractivity contribution in [3.8, 4) is 0 Å². The summed E-state index contributed by atoms with van der Waals surface area (Å²) in [5.74, 6) is 0.215. The van der Waals surface area contributed by atoms with Crippen LogP contribution in [0.25, 0.3) is 11.2 Å². The van der Waals surface area contributed by atoms with Gasteiger partial charge in [0.1, 0.15) is 6.54 Å². The van der Waals surface area contributed by atoms with Crippen molar-refractivity contribution in [1.29, 1.82) is 0 Å². The highest BCUT2D eigenvalue weighted by Crippen LogP contribution is 2.20. The number of aliphatic hydroxyl groups is 2. The van der Waals surface area contributed by atoms with Crippen LogP contribution in [-0.4, -0.2) is 73.9 Å². The van der Waals surface area contributed by atoms with E-state index in [1.165, 1.54) is 11.2 Å². The molecule has 0 unspecified atom stereocenters. The lowest BCUT2D eigenvalue weighted by atomic mass is 10.4. The summed E-state index contributed by atoms with van der Waals surface area (Å²) in [4.78, 5) is 25.9. The first kappa shape index (κ1) is 16.4. The number of halogens is 1. The third-order valence-electron chi connectivity index (χ3n) is 3.07. The summed E-state index contributed by atoms with van der Waals surface area (Å²) in [5.41, 5.74) is 0.946. The molecular weight excluding hydrogens is 312 g/mol. The minimum absolute atomic E-state index is 0.0208. The van der Waals surface area contributed by atoms with Crippen molar-refractivity contribution in [1.82, 2.24) is 24.4 Å². The molecule has 9 nitrogen and oxygen atoms in total. The van der Waals surface area contributed by atoms with Crippen LogP contribution in [0.2, 0.25) is 5.28 Å². The Balaban J connectivity index is 2.27. The number of carbonyl (C=O) groups is 1. The SMILES string of the molecule is CNc1nc(Cl)nc2c1ncn2CC(=O)N(CCO)CCO. The Labute approximate surface area is 131 Å². The van der Waals surface area contributed by atoms with Crippen LogP contribution < -0.4 is 5.32 Å². The summed E-state index contributed by atoms with van der Waals surface area (Å²) in [5, 5.41) is 20.9. The number of rotatable bonds is 7. The summed E-state index contributed by atoms with van der Waals surface area (Å²) in [6.45, 7) is -0.0529. The van der Waals surface area contributed by atoms with Gasteiger partial charge in [0.2, 0.25) is 11.2 Å². The Morgan fingerprint density at radius 1 is 1.36 bits per heavy atom. The van der Waals surface area contributed by atoms with Crippen LogP contribution in [0, 0.1) is 0 Å². The van der Waals surface area contributed by atoms with Crippen molar-refractivity contribution in [2.75, 3.05) is 38.7 Å². The molecule has 10 heteroatoms. The van der Waals surface area contributed by atoms with Crippen molar-refractivity contribution < 1.29 is 15.0 Å². The second kappa shape index (κ2) is 7.34. The van der Waals surface area contributed by atoms with Gasteiger partial charge in [-0.3, -0.25) is 4.79 Å². The Morgan fingerprint density at radius 2 is 2.05 bits per heavy atom. The number of amides is 1. The second-order valence-electron chi connectivity index (χ2n) is 4.46. The number of hydrogen-bond acceptors (Lipinski definition) is 7. The van der Waals surface area contributed by atoms with Crippen LogP contribution >= 0.6 is 11.6 Å². The van der Waals surface area contributed by atoms with Crippen LogP contribution in [0.1, 0.15) is 0 Å². The lowest BCUT2D eigenvalue weighted by Gasteiger charge is -2.20. The average molecular weight is 329 g/mol. The third kappa shape index (κ3) is 3.43. The van der Waals surface area contributed by atoms with E-state index in [1.807, 2.05) is 0 Å². The molecule has 0 saturated carbocycles. The molecule has 2 heterocycles. The number of carbonyl (C=O) groups excluding carboxylic acids is 1. The third-order valence-corrected chi connectivity index (χ3v) is 3.24. The smallest absolute Gasteiger partial charge is 0.242 e. The van der Waals surface area contributed by atoms with Gasteiger partial charge in [-0.05, 0) is 11.6 Å². The number of fused-ring (bicyclic) bond motifs is 1. The van der Waals surface area contributed by atoms with Crippen molar-refractivity contribution in [3.05, 3.63) is 11.6 Å². The van der Waals surface area contributed by atoms with Gasteiger partial charge < -0.3 is 25.0 Å². The van der Waals surface area contributed by atoms with E-state index in [0.29, 0.717) is 17.0 Å². The number of anilines is 1. The monoisotopic (exact) mass is 328 g/mol. The van der Waals surface area contributed by atoms with E-state index in [1.54, 1.807) is 11.6 Å². The van der Waals surface area contributed by atoms with Crippen molar-refractivity contribution >= 4 is 34.5 Å². The second-order valence-corrected chi connectivity index (χ2v) is 4.80. The van der Waals surface area contributed by atoms with Crippen LogP contribution in [-0.2, 0) is 11.3 Å². The maximum absolute atomic E-state index is 12.2. The molecule has 0 aliphatic heterocycles. The molecule has 0 spiro atoms. The lowest BCUT2D eigenvalue weighted by Crippen LogP contribution is -2.38. The average Bonchev–Trinajstić information content (AvgIpc) is 2.89. The highest BCUT2D eigenvalue weighted by Gasteiger charge is 2.17. The summed E-state index contributed by atoms with van der Waals surface area (Å²) >= 11 is 5.87. The van der Waals surface area contributed by atoms with E-state index in [4.69, 9.17) is 21.8 Å². The molecule has 1 amide bonds. The lowest BCUT2D eigenvalue weighted by molar-refractivity contribution is -0.132. The van der Waals surface area contributed by atoms with E-state index in [0.717, 1.165) is 0 Å². The fourth-order valence-electron chi connectivity index (χ4n) is 2.06. The van der Waals surface area contributed by atoms with E-state index in [9.17, 15) is 4.79 Å². The molecular formula is C12H17ClN6O3. The van der Waals surface area contributed by atoms with E-state index in [2.05, 4.69) is 20.3 Å². The highest BCUT2D eigenvalue weighted by atomic mass is 35.5. The van der Waals surface area contributed by atoms with Gasteiger partial charge in [0.25, 0.3) is 0 Å². The predicted molar refractivity (Wildman–Crippen MR) is 80.6 cm³/mol. The van der Waals surface area contributed by atoms with Crippen molar-refractivity contribution in [2.45, 2.75) is 6.54 Å². The quantitative estimate of drug-likeness (QED) is 0.577. The first-order valence-corrected chi connectivity index (χ1v) is 7.04. The molecule has 0 aliphatic rings. The van der Waals surface area contributed by atoms with Gasteiger partial charge in [0.15, 0.2) is 17.0 Å². The Kier molecular flexibility index (Phi) is 5.47. The number of aromatic nitrogens is 4. The first-order valence-electron chi connectivity index (χ1n) is 6.66.